The van der Waals surface area contributed by atoms with Crippen molar-refractivity contribution in [3.63, 3.8) is 0 Å². The average Bonchev–Trinajstić information content (AvgIpc) is 2.10. The molecule has 15 heavy (non-hydrogen) atoms. The number of benzene rings is 1. The molecule has 1 saturated heterocycles. The molecule has 1 heterocycles. The first-order chi connectivity index (χ1) is 7.18. The molecule has 1 aromatic carbocycles. The molecule has 0 spiro atoms. The zero-order valence-electron chi connectivity index (χ0n) is 7.88. The van der Waals surface area contributed by atoms with E-state index < -0.39 is 4.92 Å². The number of ether oxygens (including phenoxy) is 2. The van der Waals surface area contributed by atoms with E-state index in [2.05, 4.69) is 0 Å². The van der Waals surface area contributed by atoms with Gasteiger partial charge < -0.3 is 15.2 Å². The van der Waals surface area contributed by atoms with Gasteiger partial charge in [0.15, 0.2) is 5.75 Å². The third-order valence-electron chi connectivity index (χ3n) is 2.11. The van der Waals surface area contributed by atoms with Crippen LogP contribution in [0.3, 0.4) is 0 Å². The van der Waals surface area contributed by atoms with E-state index in [1.807, 2.05) is 0 Å². The molecule has 0 atom stereocenters. The highest BCUT2D eigenvalue weighted by Crippen LogP contribution is 2.33. The number of nitro benzene ring substituents is 1. The fraction of sp³-hybridized carbons (Fsp3) is 0.333. The molecule has 80 valence electrons. The third-order valence-corrected chi connectivity index (χ3v) is 2.11. The lowest BCUT2D eigenvalue weighted by atomic mass is 10.2. The maximum Gasteiger partial charge on any atom is 0.333 e. The van der Waals surface area contributed by atoms with Crippen LogP contribution in [0.2, 0.25) is 0 Å². The summed E-state index contributed by atoms with van der Waals surface area (Å²) in [6.45, 7) is 0.928. The molecule has 0 radical (unpaired) electrons. The van der Waals surface area contributed by atoms with Crippen LogP contribution in [0.5, 0.6) is 5.75 Å². The number of anilines is 1. The first kappa shape index (κ1) is 9.72. The van der Waals surface area contributed by atoms with Crippen LogP contribution in [0, 0.1) is 10.1 Å². The molecule has 0 saturated carbocycles. The summed E-state index contributed by atoms with van der Waals surface area (Å²) in [4.78, 5) is 10.2. The van der Waals surface area contributed by atoms with E-state index in [0.717, 1.165) is 0 Å². The molecular weight excluding hydrogens is 200 g/mol. The van der Waals surface area contributed by atoms with Gasteiger partial charge in [-0.1, -0.05) is 6.07 Å². The van der Waals surface area contributed by atoms with E-state index in [4.69, 9.17) is 15.2 Å². The summed E-state index contributed by atoms with van der Waals surface area (Å²) >= 11 is 0. The van der Waals surface area contributed by atoms with E-state index in [-0.39, 0.29) is 23.2 Å². The van der Waals surface area contributed by atoms with Gasteiger partial charge in [-0.25, -0.2) is 0 Å². The number of nitrogens with zero attached hydrogens (tertiary/aromatic N) is 1. The molecule has 1 aliphatic heterocycles. The summed E-state index contributed by atoms with van der Waals surface area (Å²) in [5.74, 6) is 0.202. The smallest absolute Gasteiger partial charge is 0.333 e. The van der Waals surface area contributed by atoms with Crippen LogP contribution in [0.4, 0.5) is 11.4 Å². The SMILES string of the molecule is Nc1cccc(OC2COC2)c1[N+](=O)[O-]. The van der Waals surface area contributed by atoms with Crippen molar-refractivity contribution in [2.45, 2.75) is 6.10 Å². The number of hydrogen-bond acceptors (Lipinski definition) is 5. The predicted octanol–water partition coefficient (Wildman–Crippen LogP) is 0.955. The van der Waals surface area contributed by atoms with Crippen molar-refractivity contribution in [2.75, 3.05) is 18.9 Å². The molecule has 1 aromatic rings. The third kappa shape index (κ3) is 1.84. The van der Waals surface area contributed by atoms with Gasteiger partial charge in [-0.2, -0.15) is 0 Å². The Labute approximate surface area is 85.7 Å². The lowest BCUT2D eigenvalue weighted by molar-refractivity contribution is -0.385. The Kier molecular flexibility index (Phi) is 2.42. The zero-order valence-corrected chi connectivity index (χ0v) is 7.88. The number of hydrogen-bond donors (Lipinski definition) is 1. The molecule has 0 aliphatic carbocycles. The normalized spacial score (nSPS) is 15.7. The van der Waals surface area contributed by atoms with Gasteiger partial charge in [-0.15, -0.1) is 0 Å². The van der Waals surface area contributed by atoms with Crippen molar-refractivity contribution in [3.05, 3.63) is 28.3 Å². The zero-order chi connectivity index (χ0) is 10.8. The molecular formula is C9H10N2O4. The van der Waals surface area contributed by atoms with Gasteiger partial charge in [0.25, 0.3) is 0 Å². The topological polar surface area (TPSA) is 87.6 Å². The summed E-state index contributed by atoms with van der Waals surface area (Å²) in [6.07, 6.45) is -0.106. The fourth-order valence-corrected chi connectivity index (χ4v) is 1.29. The van der Waals surface area contributed by atoms with Crippen molar-refractivity contribution < 1.29 is 14.4 Å². The minimum Gasteiger partial charge on any atom is -0.479 e. The Balaban J connectivity index is 2.27. The van der Waals surface area contributed by atoms with Crippen LogP contribution in [-0.4, -0.2) is 24.2 Å². The predicted molar refractivity (Wildman–Crippen MR) is 52.7 cm³/mol. The van der Waals surface area contributed by atoms with Gasteiger partial charge in [0.05, 0.1) is 18.1 Å². The van der Waals surface area contributed by atoms with Crippen molar-refractivity contribution >= 4 is 11.4 Å². The highest BCUT2D eigenvalue weighted by atomic mass is 16.6. The monoisotopic (exact) mass is 210 g/mol. The van der Waals surface area contributed by atoms with Crippen molar-refractivity contribution in [3.8, 4) is 5.75 Å². The molecule has 2 N–H and O–H groups in total. The summed E-state index contributed by atoms with van der Waals surface area (Å²) < 4.78 is 10.3. The Morgan fingerprint density at radius 1 is 1.53 bits per heavy atom. The second-order valence-corrected chi connectivity index (χ2v) is 3.23. The van der Waals surface area contributed by atoms with E-state index in [1.165, 1.54) is 12.1 Å². The van der Waals surface area contributed by atoms with E-state index in [9.17, 15) is 10.1 Å². The number of nitrogen functional groups attached to an aromatic ring is 1. The second-order valence-electron chi connectivity index (χ2n) is 3.23. The van der Waals surface area contributed by atoms with Crippen LogP contribution >= 0.6 is 0 Å². The van der Waals surface area contributed by atoms with Gasteiger partial charge in [-0.3, -0.25) is 10.1 Å². The Hall–Kier alpha value is -1.82. The van der Waals surface area contributed by atoms with Crippen molar-refractivity contribution in [1.29, 1.82) is 0 Å². The van der Waals surface area contributed by atoms with Crippen LogP contribution < -0.4 is 10.5 Å². The van der Waals surface area contributed by atoms with Crippen LogP contribution in [0.1, 0.15) is 0 Å². The van der Waals surface area contributed by atoms with E-state index in [1.54, 1.807) is 6.07 Å². The van der Waals surface area contributed by atoms with Gasteiger partial charge in [0.1, 0.15) is 11.8 Å². The average molecular weight is 210 g/mol. The number of nitrogens with two attached hydrogens (primary N) is 1. The van der Waals surface area contributed by atoms with Gasteiger partial charge in [-0.05, 0) is 12.1 Å². The molecule has 6 heteroatoms. The molecule has 2 rings (SSSR count). The quantitative estimate of drug-likeness (QED) is 0.456. The van der Waals surface area contributed by atoms with Crippen LogP contribution in [0.25, 0.3) is 0 Å². The minimum absolute atomic E-state index is 0.106. The Morgan fingerprint density at radius 3 is 2.80 bits per heavy atom. The van der Waals surface area contributed by atoms with Crippen molar-refractivity contribution in [2.24, 2.45) is 0 Å². The standard InChI is InChI=1S/C9H10N2O4/c10-7-2-1-3-8(9(7)11(12)13)15-6-4-14-5-6/h1-3,6H,4-5,10H2. The van der Waals surface area contributed by atoms with Crippen LogP contribution in [0.15, 0.2) is 18.2 Å². The summed E-state index contributed by atoms with van der Waals surface area (Å²) in [7, 11) is 0. The van der Waals surface area contributed by atoms with Gasteiger partial charge in [0, 0.05) is 0 Å². The molecule has 1 fully saturated rings. The lowest BCUT2D eigenvalue weighted by Gasteiger charge is -2.26. The molecule has 0 amide bonds. The van der Waals surface area contributed by atoms with E-state index >= 15 is 0 Å². The lowest BCUT2D eigenvalue weighted by Crippen LogP contribution is -2.38. The minimum atomic E-state index is -0.538. The van der Waals surface area contributed by atoms with Crippen LogP contribution in [-0.2, 0) is 4.74 Å². The Morgan fingerprint density at radius 2 is 2.27 bits per heavy atom. The van der Waals surface area contributed by atoms with Crippen molar-refractivity contribution in [1.82, 2.24) is 0 Å². The molecule has 0 bridgehead atoms. The fourth-order valence-electron chi connectivity index (χ4n) is 1.29. The molecule has 1 aliphatic rings. The largest absolute Gasteiger partial charge is 0.479 e. The van der Waals surface area contributed by atoms with E-state index in [0.29, 0.717) is 13.2 Å². The maximum atomic E-state index is 10.7. The highest BCUT2D eigenvalue weighted by molar-refractivity contribution is 5.65. The summed E-state index contributed by atoms with van der Waals surface area (Å²) in [5.41, 5.74) is 5.44. The summed E-state index contributed by atoms with van der Waals surface area (Å²) in [6, 6.07) is 4.63. The first-order valence-electron chi connectivity index (χ1n) is 4.46. The molecule has 0 aromatic heterocycles. The Bertz CT molecular complexity index is 390. The first-order valence-corrected chi connectivity index (χ1v) is 4.46. The summed E-state index contributed by atoms with van der Waals surface area (Å²) in [5, 5.41) is 10.7. The molecule has 0 unspecified atom stereocenters. The second kappa shape index (κ2) is 3.74. The van der Waals surface area contributed by atoms with Gasteiger partial charge >= 0.3 is 5.69 Å². The number of para-hydroxylation sites is 1. The molecule has 6 nitrogen and oxygen atoms in total. The number of rotatable bonds is 3. The highest BCUT2D eigenvalue weighted by Gasteiger charge is 2.25. The van der Waals surface area contributed by atoms with Gasteiger partial charge in [0.2, 0.25) is 0 Å². The maximum absolute atomic E-state index is 10.7. The number of nitro groups is 1.